The molecule has 0 saturated carbocycles. The molecule has 9 heteroatoms. The van der Waals surface area contributed by atoms with E-state index in [0.717, 1.165) is 24.0 Å². The van der Waals surface area contributed by atoms with Gasteiger partial charge in [0, 0.05) is 23.7 Å². The summed E-state index contributed by atoms with van der Waals surface area (Å²) in [7, 11) is 1.56. The average molecular weight is 459 g/mol. The lowest BCUT2D eigenvalue weighted by atomic mass is 9.83. The van der Waals surface area contributed by atoms with Crippen LogP contribution in [-0.2, 0) is 21.4 Å². The molecule has 0 radical (unpaired) electrons. The molecule has 2 rings (SSSR count). The van der Waals surface area contributed by atoms with Crippen molar-refractivity contribution in [1.29, 1.82) is 0 Å². The highest BCUT2D eigenvalue weighted by Gasteiger charge is 2.30. The highest BCUT2D eigenvalue weighted by atomic mass is 16.5. The first-order valence-corrected chi connectivity index (χ1v) is 11.0. The minimum atomic E-state index is -1.08. The van der Waals surface area contributed by atoms with E-state index in [0.29, 0.717) is 35.7 Å². The third kappa shape index (κ3) is 6.57. The maximum absolute atomic E-state index is 11.8. The van der Waals surface area contributed by atoms with Crippen molar-refractivity contribution in [2.45, 2.75) is 71.3 Å². The number of carbonyl (C=O) groups is 2. The zero-order valence-electron chi connectivity index (χ0n) is 19.9. The Morgan fingerprint density at radius 2 is 1.94 bits per heavy atom. The van der Waals surface area contributed by atoms with E-state index in [1.807, 2.05) is 19.9 Å². The summed E-state index contributed by atoms with van der Waals surface area (Å²) in [6, 6.07) is 5.01. The topological polar surface area (TPSA) is 148 Å². The molecule has 1 unspecified atom stereocenters. The molecular formula is C24H34N4O5. The summed E-state index contributed by atoms with van der Waals surface area (Å²) in [5.41, 5.74) is 7.63. The molecule has 0 aliphatic heterocycles. The fourth-order valence-corrected chi connectivity index (χ4v) is 3.65. The lowest BCUT2D eigenvalue weighted by Gasteiger charge is -2.23. The summed E-state index contributed by atoms with van der Waals surface area (Å²) in [6.07, 6.45) is 2.80. The van der Waals surface area contributed by atoms with Gasteiger partial charge in [-0.2, -0.15) is 4.98 Å². The smallest absolute Gasteiger partial charge is 0.313 e. The molecule has 0 aliphatic carbocycles. The molecule has 33 heavy (non-hydrogen) atoms. The van der Waals surface area contributed by atoms with E-state index in [9.17, 15) is 19.8 Å². The summed E-state index contributed by atoms with van der Waals surface area (Å²) in [5.74, 6) is -0.645. The third-order valence-electron chi connectivity index (χ3n) is 5.80. The minimum absolute atomic E-state index is 0.0476. The number of hydrogen-bond acceptors (Lipinski definition) is 7. The monoisotopic (exact) mass is 458 g/mol. The number of carboxylic acid groups (broad SMARTS) is 2. The van der Waals surface area contributed by atoms with Gasteiger partial charge in [0.25, 0.3) is 0 Å². The van der Waals surface area contributed by atoms with Crippen LogP contribution in [0.5, 0.6) is 5.75 Å². The number of methoxy groups -OCH3 is 1. The second-order valence-electron chi connectivity index (χ2n) is 8.71. The molecule has 180 valence electrons. The van der Waals surface area contributed by atoms with E-state index >= 15 is 0 Å². The summed E-state index contributed by atoms with van der Waals surface area (Å²) in [6.45, 7) is 7.16. The number of nitrogen functional groups attached to an aromatic ring is 1. The van der Waals surface area contributed by atoms with Gasteiger partial charge in [-0.05, 0) is 44.4 Å². The van der Waals surface area contributed by atoms with E-state index in [4.69, 9.17) is 10.5 Å². The van der Waals surface area contributed by atoms with Gasteiger partial charge < -0.3 is 26.0 Å². The predicted molar refractivity (Wildman–Crippen MR) is 127 cm³/mol. The Labute approximate surface area is 194 Å². The van der Waals surface area contributed by atoms with Crippen LogP contribution in [-0.4, -0.2) is 45.3 Å². The summed E-state index contributed by atoms with van der Waals surface area (Å²) in [5, 5.41) is 22.2. The number of nitrogens with zero attached hydrogens (tertiary/aromatic N) is 2. The van der Waals surface area contributed by atoms with Crippen LogP contribution in [0.3, 0.4) is 0 Å². The Balaban J connectivity index is 2.51. The molecule has 5 N–H and O–H groups in total. The largest absolute Gasteiger partial charge is 0.496 e. The summed E-state index contributed by atoms with van der Waals surface area (Å²) < 4.78 is 5.52. The van der Waals surface area contributed by atoms with Crippen LogP contribution in [0.1, 0.15) is 68.8 Å². The molecular weight excluding hydrogens is 424 g/mol. The highest BCUT2D eigenvalue weighted by molar-refractivity contribution is 5.80. The Bertz CT molecular complexity index is 1010. The van der Waals surface area contributed by atoms with Crippen LogP contribution in [0, 0.1) is 6.92 Å². The average Bonchev–Trinajstić information content (AvgIpc) is 2.73. The zero-order valence-corrected chi connectivity index (χ0v) is 19.9. The number of ether oxygens (including phenoxy) is 1. The van der Waals surface area contributed by atoms with Gasteiger partial charge in [0.1, 0.15) is 11.6 Å². The Hall–Kier alpha value is -3.36. The SMILES string of the molecule is CCCCC(CC(=O)O)Nc1nc(N)nc(C)c1Cc1cc(C(C)(C)C(=O)O)ccc1OC. The number of nitrogens with two attached hydrogens (primary N) is 1. The minimum Gasteiger partial charge on any atom is -0.496 e. The number of carboxylic acids is 2. The van der Waals surface area contributed by atoms with Gasteiger partial charge in [0.15, 0.2) is 0 Å². The Kier molecular flexibility index (Phi) is 8.62. The van der Waals surface area contributed by atoms with Crippen LogP contribution in [0.4, 0.5) is 11.8 Å². The lowest BCUT2D eigenvalue weighted by molar-refractivity contribution is -0.142. The molecule has 0 spiro atoms. The molecule has 0 aliphatic rings. The van der Waals surface area contributed by atoms with Crippen molar-refractivity contribution >= 4 is 23.7 Å². The quantitative estimate of drug-likeness (QED) is 0.373. The zero-order chi connectivity index (χ0) is 24.8. The number of aryl methyl sites for hydroxylation is 1. The first-order chi connectivity index (χ1) is 15.5. The van der Waals surface area contributed by atoms with Gasteiger partial charge in [-0.15, -0.1) is 0 Å². The van der Waals surface area contributed by atoms with Crippen LogP contribution in [0.25, 0.3) is 0 Å². The van der Waals surface area contributed by atoms with Crippen molar-refractivity contribution < 1.29 is 24.5 Å². The molecule has 0 fully saturated rings. The fraction of sp³-hybridized carbons (Fsp3) is 0.500. The van der Waals surface area contributed by atoms with Crippen molar-refractivity contribution in [2.75, 3.05) is 18.2 Å². The summed E-state index contributed by atoms with van der Waals surface area (Å²) in [4.78, 5) is 31.8. The normalized spacial score (nSPS) is 12.3. The van der Waals surface area contributed by atoms with Crippen molar-refractivity contribution in [3.63, 3.8) is 0 Å². The van der Waals surface area contributed by atoms with Crippen LogP contribution in [0.2, 0.25) is 0 Å². The van der Waals surface area contributed by atoms with Crippen molar-refractivity contribution in [3.05, 3.63) is 40.6 Å². The fourth-order valence-electron chi connectivity index (χ4n) is 3.65. The van der Waals surface area contributed by atoms with Gasteiger partial charge in [0.2, 0.25) is 5.95 Å². The highest BCUT2D eigenvalue weighted by Crippen LogP contribution is 2.32. The molecule has 1 aromatic heterocycles. The van der Waals surface area contributed by atoms with Gasteiger partial charge in [-0.3, -0.25) is 9.59 Å². The summed E-state index contributed by atoms with van der Waals surface area (Å²) >= 11 is 0. The molecule has 1 aromatic carbocycles. The van der Waals surface area contributed by atoms with Crippen molar-refractivity contribution in [2.24, 2.45) is 0 Å². The van der Waals surface area contributed by atoms with E-state index < -0.39 is 17.4 Å². The molecule has 1 heterocycles. The molecule has 0 amide bonds. The predicted octanol–water partition coefficient (Wildman–Crippen LogP) is 3.77. The van der Waals surface area contributed by atoms with E-state index in [1.54, 1.807) is 33.1 Å². The van der Waals surface area contributed by atoms with E-state index in [1.165, 1.54) is 0 Å². The number of rotatable bonds is 12. The number of hydrogen-bond donors (Lipinski definition) is 4. The molecule has 9 nitrogen and oxygen atoms in total. The van der Waals surface area contributed by atoms with Gasteiger partial charge in [-0.25, -0.2) is 4.98 Å². The number of anilines is 2. The second-order valence-corrected chi connectivity index (χ2v) is 8.71. The standard InChI is InChI=1S/C24H34N4O5/c1-6-7-8-17(13-20(29)30)27-21-18(14(2)26-23(25)28-21)12-15-11-16(9-10-19(15)33-5)24(3,4)22(31)32/h9-11,17H,6-8,12-13H2,1-5H3,(H,29,30)(H,31,32)(H3,25,26,27,28). The molecule has 2 aromatic rings. The van der Waals surface area contributed by atoms with Crippen LogP contribution >= 0.6 is 0 Å². The van der Waals surface area contributed by atoms with Gasteiger partial charge in [-0.1, -0.05) is 31.9 Å². The molecule has 1 atom stereocenters. The van der Waals surface area contributed by atoms with Crippen molar-refractivity contribution in [3.8, 4) is 5.75 Å². The van der Waals surface area contributed by atoms with Gasteiger partial charge in [0.05, 0.1) is 18.9 Å². The van der Waals surface area contributed by atoms with Gasteiger partial charge >= 0.3 is 11.9 Å². The first kappa shape index (κ1) is 25.9. The second kappa shape index (κ2) is 11.0. The van der Waals surface area contributed by atoms with E-state index in [2.05, 4.69) is 15.3 Å². The van der Waals surface area contributed by atoms with Crippen LogP contribution in [0.15, 0.2) is 18.2 Å². The Morgan fingerprint density at radius 1 is 1.24 bits per heavy atom. The lowest BCUT2D eigenvalue weighted by Crippen LogP contribution is -2.28. The Morgan fingerprint density at radius 3 is 2.52 bits per heavy atom. The van der Waals surface area contributed by atoms with E-state index in [-0.39, 0.29) is 18.4 Å². The van der Waals surface area contributed by atoms with Crippen molar-refractivity contribution in [1.82, 2.24) is 9.97 Å². The number of aliphatic carboxylic acids is 2. The maximum Gasteiger partial charge on any atom is 0.313 e. The number of aromatic nitrogens is 2. The third-order valence-corrected chi connectivity index (χ3v) is 5.80. The number of benzene rings is 1. The molecule has 0 saturated heterocycles. The first-order valence-electron chi connectivity index (χ1n) is 11.0. The molecule has 0 bridgehead atoms. The maximum atomic E-state index is 11.8. The number of nitrogens with one attached hydrogen (secondary N) is 1. The van der Waals surface area contributed by atoms with Crippen LogP contribution < -0.4 is 15.8 Å². The number of unbranched alkanes of at least 4 members (excludes halogenated alkanes) is 1.